The Morgan fingerprint density at radius 2 is 2.29 bits per heavy atom. The lowest BCUT2D eigenvalue weighted by atomic mass is 10.2. The fraction of sp³-hybridized carbons (Fsp3) is 0.214. The van der Waals surface area contributed by atoms with Crippen molar-refractivity contribution >= 4 is 28.1 Å². The Bertz CT molecular complexity index is 707. The van der Waals surface area contributed by atoms with Gasteiger partial charge in [-0.1, -0.05) is 15.9 Å². The largest absolute Gasteiger partial charge is 0.507 e. The van der Waals surface area contributed by atoms with Crippen LogP contribution in [0.3, 0.4) is 0 Å². The van der Waals surface area contributed by atoms with E-state index in [2.05, 4.69) is 36.7 Å². The van der Waals surface area contributed by atoms with E-state index in [0.717, 1.165) is 23.0 Å². The molecule has 1 aliphatic rings. The van der Waals surface area contributed by atoms with Gasteiger partial charge in [0.2, 0.25) is 0 Å². The third kappa shape index (κ3) is 3.30. The third-order valence-electron chi connectivity index (χ3n) is 3.21. The molecule has 1 aliphatic carbocycles. The second kappa shape index (κ2) is 5.69. The van der Waals surface area contributed by atoms with Gasteiger partial charge in [-0.3, -0.25) is 9.89 Å². The van der Waals surface area contributed by atoms with Crippen LogP contribution < -0.4 is 5.43 Å². The van der Waals surface area contributed by atoms with Crippen LogP contribution in [-0.4, -0.2) is 27.4 Å². The van der Waals surface area contributed by atoms with E-state index < -0.39 is 0 Å². The molecule has 0 spiro atoms. The molecule has 1 aromatic carbocycles. The summed E-state index contributed by atoms with van der Waals surface area (Å²) < 4.78 is 0.814. The van der Waals surface area contributed by atoms with Gasteiger partial charge in [-0.15, -0.1) is 0 Å². The first kappa shape index (κ1) is 13.8. The topological polar surface area (TPSA) is 90.4 Å². The van der Waals surface area contributed by atoms with Crippen molar-refractivity contribution in [3.63, 3.8) is 0 Å². The Labute approximate surface area is 129 Å². The van der Waals surface area contributed by atoms with Crippen LogP contribution in [0, 0.1) is 0 Å². The Hall–Kier alpha value is -2.15. The molecule has 3 N–H and O–H groups in total. The number of aromatic hydroxyl groups is 1. The fourth-order valence-electron chi connectivity index (χ4n) is 1.90. The number of carbonyl (C=O) groups excluding carboxylic acids is 1. The number of nitrogens with one attached hydrogen (secondary N) is 2. The van der Waals surface area contributed by atoms with Crippen molar-refractivity contribution in [1.82, 2.24) is 15.6 Å². The summed E-state index contributed by atoms with van der Waals surface area (Å²) in [5.41, 5.74) is 4.20. The van der Waals surface area contributed by atoms with Gasteiger partial charge in [0.25, 0.3) is 5.91 Å². The first-order valence-electron chi connectivity index (χ1n) is 6.50. The number of amides is 1. The van der Waals surface area contributed by atoms with E-state index >= 15 is 0 Å². The van der Waals surface area contributed by atoms with E-state index in [1.54, 1.807) is 24.3 Å². The lowest BCUT2D eigenvalue weighted by molar-refractivity contribution is 0.0950. The number of carbonyl (C=O) groups is 1. The van der Waals surface area contributed by atoms with Gasteiger partial charge in [-0.2, -0.15) is 10.2 Å². The average molecular weight is 349 g/mol. The quantitative estimate of drug-likeness (QED) is 0.585. The van der Waals surface area contributed by atoms with Crippen molar-refractivity contribution in [2.24, 2.45) is 5.10 Å². The van der Waals surface area contributed by atoms with Crippen molar-refractivity contribution in [1.29, 1.82) is 0 Å². The molecular weight excluding hydrogens is 336 g/mol. The van der Waals surface area contributed by atoms with Crippen LogP contribution in [0.15, 0.2) is 33.8 Å². The van der Waals surface area contributed by atoms with Gasteiger partial charge in [-0.25, -0.2) is 5.43 Å². The highest BCUT2D eigenvalue weighted by Gasteiger charge is 2.26. The lowest BCUT2D eigenvalue weighted by Gasteiger charge is -1.99. The first-order valence-corrected chi connectivity index (χ1v) is 7.30. The maximum atomic E-state index is 11.9. The van der Waals surface area contributed by atoms with Gasteiger partial charge in [0.15, 0.2) is 5.69 Å². The number of hydrogen-bond donors (Lipinski definition) is 3. The minimum atomic E-state index is -0.385. The molecule has 6 nitrogen and oxygen atoms in total. The van der Waals surface area contributed by atoms with Crippen LogP contribution in [0.4, 0.5) is 0 Å². The molecule has 3 rings (SSSR count). The van der Waals surface area contributed by atoms with E-state index in [1.807, 2.05) is 0 Å². The molecule has 21 heavy (non-hydrogen) atoms. The average Bonchev–Trinajstić information content (AvgIpc) is 3.20. The number of rotatable bonds is 4. The summed E-state index contributed by atoms with van der Waals surface area (Å²) in [6, 6.07) is 6.71. The summed E-state index contributed by atoms with van der Waals surface area (Å²) in [6.07, 6.45) is 3.67. The highest BCUT2D eigenvalue weighted by atomic mass is 79.9. The van der Waals surface area contributed by atoms with Crippen LogP contribution in [0.25, 0.3) is 0 Å². The second-order valence-electron chi connectivity index (χ2n) is 4.89. The minimum absolute atomic E-state index is 0.0898. The van der Waals surface area contributed by atoms with E-state index in [9.17, 15) is 9.90 Å². The zero-order chi connectivity index (χ0) is 14.8. The summed E-state index contributed by atoms with van der Waals surface area (Å²) in [5.74, 6) is 0.219. The Balaban J connectivity index is 1.64. The highest BCUT2D eigenvalue weighted by molar-refractivity contribution is 9.10. The van der Waals surface area contributed by atoms with E-state index in [4.69, 9.17) is 0 Å². The number of aromatic nitrogens is 2. The zero-order valence-corrected chi connectivity index (χ0v) is 12.6. The SMILES string of the molecule is O=C(N/N=C/c1cc(Br)ccc1O)c1cc(C2CC2)[nH]n1. The number of hydrogen-bond acceptors (Lipinski definition) is 4. The summed E-state index contributed by atoms with van der Waals surface area (Å²) in [6.45, 7) is 0. The molecule has 1 aromatic heterocycles. The molecule has 1 fully saturated rings. The maximum Gasteiger partial charge on any atom is 0.291 e. The normalized spacial score (nSPS) is 14.5. The van der Waals surface area contributed by atoms with Gasteiger partial charge in [0.1, 0.15) is 5.75 Å². The standard InChI is InChI=1S/C14H13BrN4O2/c15-10-3-4-13(20)9(5-10)7-16-19-14(21)12-6-11(17-18-12)8-1-2-8/h3-8,20H,1-2H2,(H,17,18)(H,19,21)/b16-7+. The number of phenolic OH excluding ortho intramolecular Hbond substituents is 1. The molecule has 108 valence electrons. The number of nitrogens with zero attached hydrogens (tertiary/aromatic N) is 2. The van der Waals surface area contributed by atoms with Gasteiger partial charge in [0.05, 0.1) is 6.21 Å². The molecule has 1 saturated carbocycles. The summed E-state index contributed by atoms with van der Waals surface area (Å²) in [4.78, 5) is 11.9. The molecule has 1 amide bonds. The van der Waals surface area contributed by atoms with Crippen molar-refractivity contribution in [3.8, 4) is 5.75 Å². The molecule has 0 atom stereocenters. The molecule has 0 aliphatic heterocycles. The molecule has 0 saturated heterocycles. The Kier molecular flexibility index (Phi) is 3.74. The minimum Gasteiger partial charge on any atom is -0.507 e. The van der Waals surface area contributed by atoms with Crippen LogP contribution in [0.2, 0.25) is 0 Å². The number of phenols is 1. The van der Waals surface area contributed by atoms with Gasteiger partial charge in [0, 0.05) is 21.6 Å². The number of H-pyrrole nitrogens is 1. The van der Waals surface area contributed by atoms with Crippen LogP contribution >= 0.6 is 15.9 Å². The molecule has 7 heteroatoms. The first-order chi connectivity index (χ1) is 10.1. The Morgan fingerprint density at radius 1 is 1.48 bits per heavy atom. The summed E-state index contributed by atoms with van der Waals surface area (Å²) in [5, 5.41) is 20.3. The maximum absolute atomic E-state index is 11.9. The predicted molar refractivity (Wildman–Crippen MR) is 81.4 cm³/mol. The van der Waals surface area contributed by atoms with Crippen molar-refractivity contribution in [2.45, 2.75) is 18.8 Å². The molecule has 2 aromatic rings. The fourth-order valence-corrected chi connectivity index (χ4v) is 2.28. The zero-order valence-electron chi connectivity index (χ0n) is 11.0. The Morgan fingerprint density at radius 3 is 3.05 bits per heavy atom. The predicted octanol–water partition coefficient (Wildman–Crippen LogP) is 2.52. The molecule has 1 heterocycles. The highest BCUT2D eigenvalue weighted by Crippen LogP contribution is 2.38. The smallest absolute Gasteiger partial charge is 0.291 e. The van der Waals surface area contributed by atoms with Crippen molar-refractivity contribution in [2.75, 3.05) is 0 Å². The number of halogens is 1. The van der Waals surface area contributed by atoms with Gasteiger partial charge < -0.3 is 5.11 Å². The van der Waals surface area contributed by atoms with Crippen LogP contribution in [0.5, 0.6) is 5.75 Å². The van der Waals surface area contributed by atoms with Gasteiger partial charge in [-0.05, 0) is 37.1 Å². The number of aromatic amines is 1. The monoisotopic (exact) mass is 348 g/mol. The second-order valence-corrected chi connectivity index (χ2v) is 5.80. The van der Waals surface area contributed by atoms with Crippen molar-refractivity contribution in [3.05, 3.63) is 45.7 Å². The van der Waals surface area contributed by atoms with Crippen molar-refractivity contribution < 1.29 is 9.90 Å². The molecule has 0 unspecified atom stereocenters. The van der Waals surface area contributed by atoms with Crippen LogP contribution in [0.1, 0.15) is 40.5 Å². The molecular formula is C14H13BrN4O2. The molecule has 0 bridgehead atoms. The van der Waals surface area contributed by atoms with E-state index in [-0.39, 0.29) is 11.7 Å². The van der Waals surface area contributed by atoms with Crippen LogP contribution in [-0.2, 0) is 0 Å². The summed E-state index contributed by atoms with van der Waals surface area (Å²) >= 11 is 3.30. The number of hydrazone groups is 1. The third-order valence-corrected chi connectivity index (χ3v) is 3.70. The number of benzene rings is 1. The van der Waals surface area contributed by atoms with E-state index in [0.29, 0.717) is 17.2 Å². The van der Waals surface area contributed by atoms with E-state index in [1.165, 1.54) is 6.21 Å². The summed E-state index contributed by atoms with van der Waals surface area (Å²) in [7, 11) is 0. The van der Waals surface area contributed by atoms with Gasteiger partial charge >= 0.3 is 0 Å². The lowest BCUT2D eigenvalue weighted by Crippen LogP contribution is -2.18. The molecule has 0 radical (unpaired) electrons.